The number of hydrogen-bond donors (Lipinski definition) is 1. The second-order valence-electron chi connectivity index (χ2n) is 5.57. The minimum absolute atomic E-state index is 0.254. The second kappa shape index (κ2) is 6.17. The standard InChI is InChI=1S/C14H19FN6/c1-20-6-2-3-11(9-20)8-16-14-7-12(4-5-13(14)15)21-10-17-18-19-21/h4-5,7,10-11,16H,2-3,6,8-9H2,1H3. The number of anilines is 1. The Morgan fingerprint density at radius 1 is 1.43 bits per heavy atom. The van der Waals surface area contributed by atoms with Gasteiger partial charge < -0.3 is 10.2 Å². The third-order valence-corrected chi connectivity index (χ3v) is 3.87. The smallest absolute Gasteiger partial charge is 0.146 e. The van der Waals surface area contributed by atoms with Gasteiger partial charge in [0.05, 0.1) is 11.4 Å². The Hall–Kier alpha value is -2.02. The highest BCUT2D eigenvalue weighted by atomic mass is 19.1. The maximum Gasteiger partial charge on any atom is 0.146 e. The van der Waals surface area contributed by atoms with Crippen molar-refractivity contribution in [2.45, 2.75) is 12.8 Å². The monoisotopic (exact) mass is 290 g/mol. The Morgan fingerprint density at radius 3 is 3.10 bits per heavy atom. The number of aromatic nitrogens is 4. The van der Waals surface area contributed by atoms with E-state index in [1.54, 1.807) is 12.1 Å². The first-order chi connectivity index (χ1) is 10.2. The fraction of sp³-hybridized carbons (Fsp3) is 0.500. The van der Waals surface area contributed by atoms with Crippen LogP contribution in [0.15, 0.2) is 24.5 Å². The molecule has 1 atom stereocenters. The molecule has 1 aliphatic rings. The molecule has 0 amide bonds. The molecule has 0 bridgehead atoms. The predicted molar refractivity (Wildman–Crippen MR) is 77.8 cm³/mol. The molecule has 1 aliphatic heterocycles. The maximum absolute atomic E-state index is 13.9. The van der Waals surface area contributed by atoms with Gasteiger partial charge in [-0.1, -0.05) is 0 Å². The van der Waals surface area contributed by atoms with Crippen molar-refractivity contribution >= 4 is 5.69 Å². The van der Waals surface area contributed by atoms with Gasteiger partial charge in [0.1, 0.15) is 12.1 Å². The summed E-state index contributed by atoms with van der Waals surface area (Å²) >= 11 is 0. The summed E-state index contributed by atoms with van der Waals surface area (Å²) in [5, 5.41) is 14.2. The zero-order chi connectivity index (χ0) is 14.7. The van der Waals surface area contributed by atoms with Crippen molar-refractivity contribution < 1.29 is 4.39 Å². The highest BCUT2D eigenvalue weighted by molar-refractivity contribution is 5.52. The highest BCUT2D eigenvalue weighted by Gasteiger charge is 2.17. The van der Waals surface area contributed by atoms with Crippen LogP contribution in [0.4, 0.5) is 10.1 Å². The molecule has 2 aromatic rings. The van der Waals surface area contributed by atoms with E-state index in [1.165, 1.54) is 29.9 Å². The number of tetrazole rings is 1. The normalized spacial score (nSPS) is 19.6. The molecule has 1 fully saturated rings. The fourth-order valence-corrected chi connectivity index (χ4v) is 2.76. The number of benzene rings is 1. The third-order valence-electron chi connectivity index (χ3n) is 3.87. The number of rotatable bonds is 4. The van der Waals surface area contributed by atoms with Gasteiger partial charge in [-0.25, -0.2) is 9.07 Å². The Labute approximate surface area is 122 Å². The summed E-state index contributed by atoms with van der Waals surface area (Å²) in [5.41, 5.74) is 1.24. The molecule has 6 nitrogen and oxygen atoms in total. The van der Waals surface area contributed by atoms with E-state index in [4.69, 9.17) is 0 Å². The van der Waals surface area contributed by atoms with Gasteiger partial charge in [0, 0.05) is 13.1 Å². The van der Waals surface area contributed by atoms with Gasteiger partial charge in [-0.2, -0.15) is 0 Å². The molecule has 7 heteroatoms. The first kappa shape index (κ1) is 13.9. The SMILES string of the molecule is CN1CCCC(CNc2cc(-n3cnnn3)ccc2F)C1. The van der Waals surface area contributed by atoms with Gasteiger partial charge in [0.2, 0.25) is 0 Å². The van der Waals surface area contributed by atoms with Gasteiger partial charge in [-0.15, -0.1) is 5.10 Å². The van der Waals surface area contributed by atoms with Gasteiger partial charge in [0.15, 0.2) is 0 Å². The zero-order valence-electron chi connectivity index (χ0n) is 12.0. The lowest BCUT2D eigenvalue weighted by Crippen LogP contribution is -2.35. The van der Waals surface area contributed by atoms with Gasteiger partial charge in [0.25, 0.3) is 0 Å². The van der Waals surface area contributed by atoms with Crippen LogP contribution in [-0.4, -0.2) is 51.8 Å². The Bertz CT molecular complexity index is 585. The largest absolute Gasteiger partial charge is 0.382 e. The Kier molecular flexibility index (Phi) is 4.10. The summed E-state index contributed by atoms with van der Waals surface area (Å²) in [6.45, 7) is 2.99. The van der Waals surface area contributed by atoms with E-state index in [-0.39, 0.29) is 5.82 Å². The highest BCUT2D eigenvalue weighted by Crippen LogP contribution is 2.20. The topological polar surface area (TPSA) is 58.9 Å². The van der Waals surface area contributed by atoms with Gasteiger partial charge >= 0.3 is 0 Å². The average Bonchev–Trinajstić information content (AvgIpc) is 3.01. The molecule has 1 aromatic heterocycles. The second-order valence-corrected chi connectivity index (χ2v) is 5.57. The molecule has 21 heavy (non-hydrogen) atoms. The Morgan fingerprint density at radius 2 is 2.33 bits per heavy atom. The molecule has 1 unspecified atom stereocenters. The van der Waals surface area contributed by atoms with E-state index in [0.29, 0.717) is 11.6 Å². The van der Waals surface area contributed by atoms with Crippen molar-refractivity contribution in [2.24, 2.45) is 5.92 Å². The van der Waals surface area contributed by atoms with Crippen molar-refractivity contribution in [1.82, 2.24) is 25.1 Å². The molecule has 112 valence electrons. The summed E-state index contributed by atoms with van der Waals surface area (Å²) in [5.74, 6) is 0.302. The van der Waals surface area contributed by atoms with Crippen molar-refractivity contribution in [3.63, 3.8) is 0 Å². The quantitative estimate of drug-likeness (QED) is 0.926. The average molecular weight is 290 g/mol. The minimum Gasteiger partial charge on any atom is -0.382 e. The van der Waals surface area contributed by atoms with Gasteiger partial charge in [-0.05, 0) is 61.0 Å². The van der Waals surface area contributed by atoms with Crippen LogP contribution in [0.1, 0.15) is 12.8 Å². The molecule has 3 rings (SSSR count). The van der Waals surface area contributed by atoms with Crippen molar-refractivity contribution in [2.75, 3.05) is 32.0 Å². The first-order valence-electron chi connectivity index (χ1n) is 7.17. The summed E-state index contributed by atoms with van der Waals surface area (Å²) in [7, 11) is 2.13. The molecule has 1 aromatic carbocycles. The van der Waals surface area contributed by atoms with E-state index >= 15 is 0 Å². The molecule has 2 heterocycles. The summed E-state index contributed by atoms with van der Waals surface area (Å²) in [6.07, 6.45) is 3.88. The zero-order valence-corrected chi connectivity index (χ0v) is 12.0. The number of halogens is 1. The molecular formula is C14H19FN6. The molecule has 0 saturated carbocycles. The van der Waals surface area contributed by atoms with Crippen LogP contribution in [0.5, 0.6) is 0 Å². The van der Waals surface area contributed by atoms with E-state index in [0.717, 1.165) is 25.3 Å². The predicted octanol–water partition coefficient (Wildman–Crippen LogP) is 1.56. The van der Waals surface area contributed by atoms with Crippen LogP contribution in [0.25, 0.3) is 5.69 Å². The number of hydrogen-bond acceptors (Lipinski definition) is 5. The lowest BCUT2D eigenvalue weighted by molar-refractivity contribution is 0.217. The van der Waals surface area contributed by atoms with Crippen LogP contribution in [0, 0.1) is 11.7 Å². The fourth-order valence-electron chi connectivity index (χ4n) is 2.76. The lowest BCUT2D eigenvalue weighted by atomic mass is 9.98. The third kappa shape index (κ3) is 3.36. The number of nitrogens with one attached hydrogen (secondary N) is 1. The van der Waals surface area contributed by atoms with Gasteiger partial charge in [-0.3, -0.25) is 0 Å². The van der Waals surface area contributed by atoms with Crippen molar-refractivity contribution in [3.05, 3.63) is 30.3 Å². The van der Waals surface area contributed by atoms with Crippen LogP contribution < -0.4 is 5.32 Å². The van der Waals surface area contributed by atoms with Crippen LogP contribution >= 0.6 is 0 Å². The van der Waals surface area contributed by atoms with Crippen LogP contribution in [0.2, 0.25) is 0 Å². The van der Waals surface area contributed by atoms with E-state index in [2.05, 4.69) is 32.8 Å². The molecule has 1 saturated heterocycles. The Balaban J connectivity index is 1.68. The minimum atomic E-state index is -0.254. The number of nitrogens with zero attached hydrogens (tertiary/aromatic N) is 5. The molecule has 0 radical (unpaired) electrons. The summed E-state index contributed by atoms with van der Waals surface area (Å²) < 4.78 is 15.4. The molecular weight excluding hydrogens is 271 g/mol. The van der Waals surface area contributed by atoms with Crippen molar-refractivity contribution in [3.8, 4) is 5.69 Å². The molecule has 0 spiro atoms. The number of piperidine rings is 1. The first-order valence-corrected chi connectivity index (χ1v) is 7.17. The maximum atomic E-state index is 13.9. The van der Waals surface area contributed by atoms with Crippen LogP contribution in [0.3, 0.4) is 0 Å². The molecule has 1 N–H and O–H groups in total. The molecule has 0 aliphatic carbocycles. The summed E-state index contributed by atoms with van der Waals surface area (Å²) in [6, 6.07) is 4.83. The van der Waals surface area contributed by atoms with E-state index in [9.17, 15) is 4.39 Å². The van der Waals surface area contributed by atoms with E-state index < -0.39 is 0 Å². The number of likely N-dealkylation sites (tertiary alicyclic amines) is 1. The summed E-state index contributed by atoms with van der Waals surface area (Å²) in [4.78, 5) is 2.32. The van der Waals surface area contributed by atoms with E-state index in [1.807, 2.05) is 0 Å². The lowest BCUT2D eigenvalue weighted by Gasteiger charge is -2.30. The van der Waals surface area contributed by atoms with Crippen molar-refractivity contribution in [1.29, 1.82) is 0 Å². The van der Waals surface area contributed by atoms with Crippen LogP contribution in [-0.2, 0) is 0 Å².